The molecule has 0 aliphatic carbocycles. The molecule has 112 valence electrons. The van der Waals surface area contributed by atoms with Gasteiger partial charge in [0.15, 0.2) is 0 Å². The van der Waals surface area contributed by atoms with Crippen LogP contribution in [0.4, 0.5) is 11.4 Å². The number of nitro benzene ring substituents is 1. The van der Waals surface area contributed by atoms with Crippen molar-refractivity contribution in [2.75, 3.05) is 25.0 Å². The number of benzene rings is 1. The van der Waals surface area contributed by atoms with Crippen LogP contribution in [0, 0.1) is 10.1 Å². The Morgan fingerprint density at radius 3 is 2.35 bits per heavy atom. The topological polar surface area (TPSA) is 58.4 Å². The molecule has 0 amide bonds. The summed E-state index contributed by atoms with van der Waals surface area (Å²) in [5.41, 5.74) is 1.07. The fourth-order valence-corrected chi connectivity index (χ4v) is 2.20. The van der Waals surface area contributed by atoms with Crippen LogP contribution >= 0.6 is 0 Å². The van der Waals surface area contributed by atoms with Gasteiger partial charge in [-0.25, -0.2) is 0 Å². The zero-order chi connectivity index (χ0) is 15.0. The van der Waals surface area contributed by atoms with E-state index >= 15 is 0 Å². The Morgan fingerprint density at radius 1 is 1.25 bits per heavy atom. The molecule has 0 aliphatic rings. The fraction of sp³-hybridized carbons (Fsp3) is 0.600. The third kappa shape index (κ3) is 5.57. The third-order valence-electron chi connectivity index (χ3n) is 3.50. The number of nitrogens with one attached hydrogen (secondary N) is 1. The lowest BCUT2D eigenvalue weighted by atomic mass is 10.1. The van der Waals surface area contributed by atoms with Gasteiger partial charge in [-0.1, -0.05) is 13.8 Å². The van der Waals surface area contributed by atoms with Gasteiger partial charge in [0.05, 0.1) is 4.92 Å². The fourth-order valence-electron chi connectivity index (χ4n) is 2.20. The van der Waals surface area contributed by atoms with Crippen LogP contribution in [-0.2, 0) is 0 Å². The molecule has 5 nitrogen and oxygen atoms in total. The van der Waals surface area contributed by atoms with Crippen molar-refractivity contribution in [3.8, 4) is 0 Å². The Morgan fingerprint density at radius 2 is 1.85 bits per heavy atom. The second-order valence-electron chi connectivity index (χ2n) is 5.02. The SMILES string of the molecule is CCN(CC)CCCC(C)Nc1ccc([N+](=O)[O-])cc1. The van der Waals surface area contributed by atoms with Crippen molar-refractivity contribution < 1.29 is 4.92 Å². The van der Waals surface area contributed by atoms with Crippen LogP contribution in [0.2, 0.25) is 0 Å². The van der Waals surface area contributed by atoms with Gasteiger partial charge in [-0.2, -0.15) is 0 Å². The maximum Gasteiger partial charge on any atom is 0.269 e. The molecule has 20 heavy (non-hydrogen) atoms. The molecule has 1 aromatic rings. The molecular formula is C15H25N3O2. The van der Waals surface area contributed by atoms with Gasteiger partial charge >= 0.3 is 0 Å². The maximum atomic E-state index is 10.6. The molecule has 0 spiro atoms. The van der Waals surface area contributed by atoms with Crippen molar-refractivity contribution in [1.29, 1.82) is 0 Å². The number of anilines is 1. The summed E-state index contributed by atoms with van der Waals surface area (Å²) in [6.07, 6.45) is 2.25. The Labute approximate surface area is 121 Å². The van der Waals surface area contributed by atoms with Crippen molar-refractivity contribution in [3.05, 3.63) is 34.4 Å². The van der Waals surface area contributed by atoms with E-state index in [2.05, 4.69) is 31.0 Å². The summed E-state index contributed by atoms with van der Waals surface area (Å²) in [5, 5.41) is 14.0. The summed E-state index contributed by atoms with van der Waals surface area (Å²) in [6, 6.07) is 6.96. The Bertz CT molecular complexity index is 402. The van der Waals surface area contributed by atoms with Crippen LogP contribution in [0.15, 0.2) is 24.3 Å². The molecular weight excluding hydrogens is 254 g/mol. The first-order chi connectivity index (χ1) is 9.56. The Kier molecular flexibility index (Phi) is 7.01. The molecule has 1 rings (SSSR count). The monoisotopic (exact) mass is 279 g/mol. The standard InChI is InChI=1S/C15H25N3O2/c1-4-17(5-2)12-6-7-13(3)16-14-8-10-15(11-9-14)18(19)20/h8-11,13,16H,4-7,12H2,1-3H3. The summed E-state index contributed by atoms with van der Waals surface area (Å²) >= 11 is 0. The zero-order valence-corrected chi connectivity index (χ0v) is 12.6. The van der Waals surface area contributed by atoms with Crippen LogP contribution in [-0.4, -0.2) is 35.5 Å². The minimum Gasteiger partial charge on any atom is -0.383 e. The minimum atomic E-state index is -0.378. The van der Waals surface area contributed by atoms with Gasteiger partial charge in [0, 0.05) is 23.9 Å². The molecule has 0 radical (unpaired) electrons. The van der Waals surface area contributed by atoms with Gasteiger partial charge in [-0.15, -0.1) is 0 Å². The number of hydrogen-bond acceptors (Lipinski definition) is 4. The minimum absolute atomic E-state index is 0.129. The predicted molar refractivity (Wildman–Crippen MR) is 83.2 cm³/mol. The average molecular weight is 279 g/mol. The highest BCUT2D eigenvalue weighted by Gasteiger charge is 2.07. The normalized spacial score (nSPS) is 12.4. The largest absolute Gasteiger partial charge is 0.383 e. The number of hydrogen-bond donors (Lipinski definition) is 1. The average Bonchev–Trinajstić information content (AvgIpc) is 2.44. The molecule has 0 aromatic heterocycles. The molecule has 0 saturated carbocycles. The van der Waals surface area contributed by atoms with Crippen LogP contribution in [0.1, 0.15) is 33.6 Å². The van der Waals surface area contributed by atoms with Crippen molar-refractivity contribution in [3.63, 3.8) is 0 Å². The molecule has 1 atom stereocenters. The third-order valence-corrected chi connectivity index (χ3v) is 3.50. The Balaban J connectivity index is 2.34. The van der Waals surface area contributed by atoms with E-state index in [1.807, 2.05) is 0 Å². The van der Waals surface area contributed by atoms with E-state index in [0.29, 0.717) is 6.04 Å². The molecule has 0 aliphatic heterocycles. The van der Waals surface area contributed by atoms with Crippen LogP contribution in [0.25, 0.3) is 0 Å². The molecule has 1 unspecified atom stereocenters. The molecule has 1 aromatic carbocycles. The van der Waals surface area contributed by atoms with Crippen molar-refractivity contribution in [2.24, 2.45) is 0 Å². The highest BCUT2D eigenvalue weighted by Crippen LogP contribution is 2.17. The zero-order valence-electron chi connectivity index (χ0n) is 12.6. The quantitative estimate of drug-likeness (QED) is 0.555. The molecule has 0 fully saturated rings. The number of rotatable bonds is 9. The summed E-state index contributed by atoms with van der Waals surface area (Å²) in [7, 11) is 0. The molecule has 1 N–H and O–H groups in total. The Hall–Kier alpha value is -1.62. The second kappa shape index (κ2) is 8.53. The van der Waals surface area contributed by atoms with E-state index in [9.17, 15) is 10.1 Å². The summed E-state index contributed by atoms with van der Waals surface area (Å²) in [5.74, 6) is 0. The summed E-state index contributed by atoms with van der Waals surface area (Å²) in [6.45, 7) is 9.83. The maximum absolute atomic E-state index is 10.6. The highest BCUT2D eigenvalue weighted by molar-refractivity contribution is 5.48. The molecule has 0 heterocycles. The molecule has 0 saturated heterocycles. The van der Waals surface area contributed by atoms with Gasteiger partial charge in [-0.3, -0.25) is 10.1 Å². The first-order valence-corrected chi connectivity index (χ1v) is 7.30. The van der Waals surface area contributed by atoms with Crippen LogP contribution in [0.3, 0.4) is 0 Å². The smallest absolute Gasteiger partial charge is 0.269 e. The van der Waals surface area contributed by atoms with E-state index in [-0.39, 0.29) is 10.6 Å². The molecule has 5 heteroatoms. The van der Waals surface area contributed by atoms with Crippen molar-refractivity contribution in [1.82, 2.24) is 4.90 Å². The van der Waals surface area contributed by atoms with Crippen LogP contribution < -0.4 is 5.32 Å². The first-order valence-electron chi connectivity index (χ1n) is 7.30. The van der Waals surface area contributed by atoms with E-state index in [0.717, 1.165) is 38.2 Å². The second-order valence-corrected chi connectivity index (χ2v) is 5.02. The van der Waals surface area contributed by atoms with E-state index in [4.69, 9.17) is 0 Å². The predicted octanol–water partition coefficient (Wildman–Crippen LogP) is 3.52. The van der Waals surface area contributed by atoms with E-state index in [1.165, 1.54) is 12.1 Å². The van der Waals surface area contributed by atoms with E-state index < -0.39 is 0 Å². The van der Waals surface area contributed by atoms with Crippen LogP contribution in [0.5, 0.6) is 0 Å². The summed E-state index contributed by atoms with van der Waals surface area (Å²) in [4.78, 5) is 12.6. The van der Waals surface area contributed by atoms with Gasteiger partial charge in [0.25, 0.3) is 5.69 Å². The number of nitrogens with zero attached hydrogens (tertiary/aromatic N) is 2. The van der Waals surface area contributed by atoms with Crippen molar-refractivity contribution in [2.45, 2.75) is 39.7 Å². The van der Waals surface area contributed by atoms with Gasteiger partial charge in [0.1, 0.15) is 0 Å². The number of non-ortho nitro benzene ring substituents is 1. The van der Waals surface area contributed by atoms with E-state index in [1.54, 1.807) is 12.1 Å². The lowest BCUT2D eigenvalue weighted by Gasteiger charge is -2.20. The highest BCUT2D eigenvalue weighted by atomic mass is 16.6. The lowest BCUT2D eigenvalue weighted by molar-refractivity contribution is -0.384. The lowest BCUT2D eigenvalue weighted by Crippen LogP contribution is -2.25. The number of nitro groups is 1. The van der Waals surface area contributed by atoms with Crippen molar-refractivity contribution >= 4 is 11.4 Å². The summed E-state index contributed by atoms with van der Waals surface area (Å²) < 4.78 is 0. The van der Waals surface area contributed by atoms with Gasteiger partial charge in [0.2, 0.25) is 0 Å². The molecule has 0 bridgehead atoms. The first kappa shape index (κ1) is 16.4. The van der Waals surface area contributed by atoms with Gasteiger partial charge in [-0.05, 0) is 51.5 Å². The van der Waals surface area contributed by atoms with Gasteiger partial charge < -0.3 is 10.2 Å².